The maximum atomic E-state index is 12.7. The number of ether oxygens (including phenoxy) is 1. The van der Waals surface area contributed by atoms with Gasteiger partial charge in [0, 0.05) is 38.0 Å². The van der Waals surface area contributed by atoms with Gasteiger partial charge in [-0.1, -0.05) is 6.07 Å². The lowest BCUT2D eigenvalue weighted by Gasteiger charge is -2.25. The van der Waals surface area contributed by atoms with Crippen LogP contribution in [0.2, 0.25) is 0 Å². The zero-order valence-electron chi connectivity index (χ0n) is 19.8. The number of rotatable bonds is 11. The summed E-state index contributed by atoms with van der Waals surface area (Å²) in [5.41, 5.74) is 3.57. The smallest absolute Gasteiger partial charge is 0.264 e. The molecule has 0 saturated carbocycles. The van der Waals surface area contributed by atoms with Gasteiger partial charge in [0.05, 0.1) is 6.61 Å². The highest BCUT2D eigenvalue weighted by Crippen LogP contribution is 2.27. The normalized spacial score (nSPS) is 13.3. The molecule has 0 aliphatic carbocycles. The van der Waals surface area contributed by atoms with Crippen molar-refractivity contribution in [2.24, 2.45) is 0 Å². The number of sulfone groups is 1. The van der Waals surface area contributed by atoms with Crippen molar-refractivity contribution in [2.75, 3.05) is 12.9 Å². The molecule has 2 N–H and O–H groups in total. The summed E-state index contributed by atoms with van der Waals surface area (Å²) >= 11 is 0. The molecular formula is C23H29N5O6S. The molecule has 12 heteroatoms. The quantitative estimate of drug-likeness (QED) is 0.228. The molecule has 0 fully saturated rings. The third-order valence-corrected chi connectivity index (χ3v) is 8.03. The summed E-state index contributed by atoms with van der Waals surface area (Å²) in [6, 6.07) is 8.85. The van der Waals surface area contributed by atoms with E-state index in [1.165, 1.54) is 29.4 Å². The number of pyridine rings is 1. The van der Waals surface area contributed by atoms with Gasteiger partial charge >= 0.3 is 0 Å². The van der Waals surface area contributed by atoms with Crippen LogP contribution in [-0.4, -0.2) is 56.5 Å². The molecule has 11 nitrogen and oxygen atoms in total. The van der Waals surface area contributed by atoms with Crippen LogP contribution in [0, 0.1) is 6.92 Å². The molecule has 0 bridgehead atoms. The van der Waals surface area contributed by atoms with Crippen molar-refractivity contribution < 1.29 is 23.2 Å². The summed E-state index contributed by atoms with van der Waals surface area (Å²) in [6.07, 6.45) is 6.22. The van der Waals surface area contributed by atoms with E-state index in [2.05, 4.69) is 10.1 Å². The van der Waals surface area contributed by atoms with Crippen LogP contribution >= 0.6 is 0 Å². The Balaban J connectivity index is 1.67. The highest BCUT2D eigenvalue weighted by molar-refractivity contribution is 7.92. The van der Waals surface area contributed by atoms with Crippen LogP contribution in [0.3, 0.4) is 0 Å². The van der Waals surface area contributed by atoms with E-state index in [-0.39, 0.29) is 18.5 Å². The zero-order chi connectivity index (χ0) is 25.6. The van der Waals surface area contributed by atoms with Gasteiger partial charge in [0.1, 0.15) is 18.4 Å². The van der Waals surface area contributed by atoms with Gasteiger partial charge in [-0.05, 0) is 55.2 Å². The Bertz CT molecular complexity index is 1340. The van der Waals surface area contributed by atoms with Gasteiger partial charge < -0.3 is 9.30 Å². The molecule has 188 valence electrons. The van der Waals surface area contributed by atoms with Gasteiger partial charge in [0.2, 0.25) is 0 Å². The van der Waals surface area contributed by atoms with E-state index in [0.717, 1.165) is 29.6 Å². The second-order valence-corrected chi connectivity index (χ2v) is 10.9. The van der Waals surface area contributed by atoms with Crippen LogP contribution in [0.1, 0.15) is 25.3 Å². The second kappa shape index (κ2) is 10.8. The number of aryl methyl sites for hydroxylation is 3. The first-order chi connectivity index (χ1) is 16.5. The van der Waals surface area contributed by atoms with E-state index in [1.54, 1.807) is 23.3 Å². The number of amides is 1. The zero-order valence-corrected chi connectivity index (χ0v) is 20.7. The number of hydroxylamine groups is 1. The van der Waals surface area contributed by atoms with Crippen molar-refractivity contribution in [3.05, 3.63) is 65.1 Å². The van der Waals surface area contributed by atoms with Crippen molar-refractivity contribution in [1.82, 2.24) is 24.8 Å². The van der Waals surface area contributed by atoms with Crippen molar-refractivity contribution in [1.29, 1.82) is 0 Å². The Kier molecular flexibility index (Phi) is 8.07. The summed E-state index contributed by atoms with van der Waals surface area (Å²) in [5, 5.41) is 13.0. The van der Waals surface area contributed by atoms with Crippen molar-refractivity contribution in [2.45, 2.75) is 44.5 Å². The van der Waals surface area contributed by atoms with Crippen molar-refractivity contribution >= 4 is 15.7 Å². The fourth-order valence-electron chi connectivity index (χ4n) is 3.59. The van der Waals surface area contributed by atoms with Gasteiger partial charge in [0.25, 0.3) is 11.5 Å². The van der Waals surface area contributed by atoms with Crippen LogP contribution in [0.25, 0.3) is 11.1 Å². The number of hydrogen-bond donors (Lipinski definition) is 2. The van der Waals surface area contributed by atoms with Crippen LogP contribution < -0.4 is 15.8 Å². The first-order valence-corrected chi connectivity index (χ1v) is 12.8. The fraction of sp³-hybridized carbons (Fsp3) is 0.391. The van der Waals surface area contributed by atoms with Gasteiger partial charge in [-0.15, -0.1) is 0 Å². The molecule has 0 spiro atoms. The van der Waals surface area contributed by atoms with E-state index in [4.69, 9.17) is 9.94 Å². The molecule has 1 unspecified atom stereocenters. The largest absolute Gasteiger partial charge is 0.494 e. The summed E-state index contributed by atoms with van der Waals surface area (Å²) < 4.78 is 31.3. The molecule has 1 amide bonds. The standard InChI is InChI=1S/C23H29N5O6S/c1-17-13-19(34-12-4-9-28-16-24-15-25-28)5-6-20(17)18-7-10-27(21(29)14-18)11-8-23(2,22(30)26-31)35(3,32)33/h5-7,10,13-16,31H,4,8-9,11-12H2,1-3H3,(H,26,30). The number of benzene rings is 1. The molecule has 0 saturated heterocycles. The lowest BCUT2D eigenvalue weighted by atomic mass is 10.0. The summed E-state index contributed by atoms with van der Waals surface area (Å²) in [6.45, 7) is 4.36. The Morgan fingerprint density at radius 3 is 2.60 bits per heavy atom. The molecule has 3 rings (SSSR count). The molecule has 3 aromatic rings. The SMILES string of the molecule is Cc1cc(OCCCn2cncn2)ccc1-c1ccn(CCC(C)(C(=O)NO)S(C)(=O)=O)c(=O)c1. The predicted molar refractivity (Wildman–Crippen MR) is 129 cm³/mol. The minimum atomic E-state index is -3.85. The topological polar surface area (TPSA) is 145 Å². The first kappa shape index (κ1) is 26.1. The summed E-state index contributed by atoms with van der Waals surface area (Å²) in [4.78, 5) is 28.6. The molecule has 0 aliphatic heterocycles. The van der Waals surface area contributed by atoms with Gasteiger partial charge in [-0.25, -0.2) is 18.9 Å². The Morgan fingerprint density at radius 1 is 1.23 bits per heavy atom. The number of hydrogen-bond acceptors (Lipinski definition) is 8. The van der Waals surface area contributed by atoms with Gasteiger partial charge in [-0.3, -0.25) is 19.5 Å². The molecule has 2 heterocycles. The van der Waals surface area contributed by atoms with Crippen molar-refractivity contribution in [3.63, 3.8) is 0 Å². The second-order valence-electron chi connectivity index (χ2n) is 8.48. The number of nitrogens with zero attached hydrogens (tertiary/aromatic N) is 4. The van der Waals surface area contributed by atoms with Crippen molar-refractivity contribution in [3.8, 4) is 16.9 Å². The minimum Gasteiger partial charge on any atom is -0.494 e. The van der Waals surface area contributed by atoms with E-state index < -0.39 is 20.5 Å². The Labute approximate surface area is 203 Å². The predicted octanol–water partition coefficient (Wildman–Crippen LogP) is 1.58. The number of aromatic nitrogens is 4. The third kappa shape index (κ3) is 6.14. The monoisotopic (exact) mass is 503 g/mol. The van der Waals surface area contributed by atoms with E-state index >= 15 is 0 Å². The molecule has 35 heavy (non-hydrogen) atoms. The Hall–Kier alpha value is -3.51. The highest BCUT2D eigenvalue weighted by atomic mass is 32.2. The summed E-state index contributed by atoms with van der Waals surface area (Å²) in [7, 11) is -3.85. The van der Waals surface area contributed by atoms with Crippen LogP contribution in [0.5, 0.6) is 5.75 Å². The fourth-order valence-corrected chi connectivity index (χ4v) is 4.44. The lowest BCUT2D eigenvalue weighted by Crippen LogP contribution is -2.49. The molecule has 1 aromatic carbocycles. The maximum Gasteiger partial charge on any atom is 0.264 e. The van der Waals surface area contributed by atoms with Gasteiger partial charge in [-0.2, -0.15) is 5.10 Å². The van der Waals surface area contributed by atoms with E-state index in [1.807, 2.05) is 25.1 Å². The molecular weight excluding hydrogens is 474 g/mol. The lowest BCUT2D eigenvalue weighted by molar-refractivity contribution is -0.131. The van der Waals surface area contributed by atoms with Crippen LogP contribution in [0.15, 0.2) is 54.0 Å². The van der Waals surface area contributed by atoms with Crippen LogP contribution in [0.4, 0.5) is 0 Å². The number of nitrogens with one attached hydrogen (secondary N) is 1. The summed E-state index contributed by atoms with van der Waals surface area (Å²) in [5.74, 6) is -0.318. The van der Waals surface area contributed by atoms with Gasteiger partial charge in [0.15, 0.2) is 14.6 Å². The highest BCUT2D eigenvalue weighted by Gasteiger charge is 2.43. The van der Waals surface area contributed by atoms with Crippen LogP contribution in [-0.2, 0) is 27.7 Å². The Morgan fingerprint density at radius 2 is 2.00 bits per heavy atom. The number of carbonyl (C=O) groups is 1. The average molecular weight is 504 g/mol. The van der Waals surface area contributed by atoms with E-state index in [9.17, 15) is 18.0 Å². The minimum absolute atomic E-state index is 0.0174. The molecule has 0 aliphatic rings. The maximum absolute atomic E-state index is 12.7. The first-order valence-electron chi connectivity index (χ1n) is 11.0. The van der Waals surface area contributed by atoms with E-state index in [0.29, 0.717) is 18.7 Å². The molecule has 2 aromatic heterocycles. The molecule has 1 atom stereocenters. The average Bonchev–Trinajstić information content (AvgIpc) is 3.33. The number of carbonyl (C=O) groups excluding carboxylic acids is 1. The third-order valence-electron chi connectivity index (χ3n) is 6.00. The molecule has 0 radical (unpaired) electrons.